The molecule has 0 aliphatic rings. The summed E-state index contributed by atoms with van der Waals surface area (Å²) in [4.78, 5) is 0. The summed E-state index contributed by atoms with van der Waals surface area (Å²) in [7, 11) is 0. The van der Waals surface area contributed by atoms with E-state index in [1.807, 2.05) is 30.3 Å². The van der Waals surface area contributed by atoms with E-state index in [-0.39, 0.29) is 0 Å². The minimum absolute atomic E-state index is 0.875. The summed E-state index contributed by atoms with van der Waals surface area (Å²) in [5.74, 6) is 0. The molecule has 0 atom stereocenters. The summed E-state index contributed by atoms with van der Waals surface area (Å²) >= 11 is 0. The Labute approximate surface area is 186 Å². The van der Waals surface area contributed by atoms with Crippen LogP contribution in [0.4, 0.5) is 11.4 Å². The van der Waals surface area contributed by atoms with Crippen LogP contribution in [0.1, 0.15) is 0 Å². The molecule has 1 N–H and O–H groups in total. The number of benzene rings is 5. The van der Waals surface area contributed by atoms with Gasteiger partial charge < -0.3 is 9.73 Å². The molecule has 6 aromatic rings. The molecule has 0 amide bonds. The van der Waals surface area contributed by atoms with Crippen LogP contribution in [-0.4, -0.2) is 0 Å². The molecule has 0 aliphatic carbocycles. The van der Waals surface area contributed by atoms with Gasteiger partial charge in [0.1, 0.15) is 5.58 Å². The molecule has 0 saturated carbocycles. The number of fused-ring (bicyclic) bond motifs is 3. The number of hydrogen-bond donors (Lipinski definition) is 1. The fourth-order valence-electron chi connectivity index (χ4n) is 4.30. The molecule has 0 saturated heterocycles. The van der Waals surface area contributed by atoms with Crippen molar-refractivity contribution in [3.63, 3.8) is 0 Å². The first-order chi connectivity index (χ1) is 15.8. The second-order valence-corrected chi connectivity index (χ2v) is 7.94. The van der Waals surface area contributed by atoms with Gasteiger partial charge >= 0.3 is 0 Å². The van der Waals surface area contributed by atoms with E-state index < -0.39 is 0 Å². The highest BCUT2D eigenvalue weighted by Crippen LogP contribution is 2.36. The van der Waals surface area contributed by atoms with Crippen LogP contribution < -0.4 is 5.32 Å². The molecule has 0 spiro atoms. The maximum atomic E-state index is 6.22. The summed E-state index contributed by atoms with van der Waals surface area (Å²) < 4.78 is 6.22. The van der Waals surface area contributed by atoms with Crippen LogP contribution in [0.3, 0.4) is 0 Å². The molecule has 5 aromatic carbocycles. The van der Waals surface area contributed by atoms with E-state index in [0.29, 0.717) is 0 Å². The summed E-state index contributed by atoms with van der Waals surface area (Å²) in [5.41, 5.74) is 8.49. The first kappa shape index (κ1) is 18.5. The van der Waals surface area contributed by atoms with E-state index in [9.17, 15) is 0 Å². The van der Waals surface area contributed by atoms with Gasteiger partial charge in [-0.15, -0.1) is 0 Å². The summed E-state index contributed by atoms with van der Waals surface area (Å²) in [6.07, 6.45) is 0. The van der Waals surface area contributed by atoms with Gasteiger partial charge in [-0.3, -0.25) is 0 Å². The van der Waals surface area contributed by atoms with Crippen molar-refractivity contribution in [2.45, 2.75) is 0 Å². The minimum atomic E-state index is 0.875. The van der Waals surface area contributed by atoms with Gasteiger partial charge in [-0.05, 0) is 52.6 Å². The van der Waals surface area contributed by atoms with Gasteiger partial charge in [0.15, 0.2) is 5.58 Å². The summed E-state index contributed by atoms with van der Waals surface area (Å²) in [6, 6.07) is 42.1. The van der Waals surface area contributed by atoms with Crippen LogP contribution in [0.25, 0.3) is 44.2 Å². The zero-order valence-electron chi connectivity index (χ0n) is 17.5. The molecular formula is C30H21NO. The molecular weight excluding hydrogens is 390 g/mol. The average molecular weight is 412 g/mol. The van der Waals surface area contributed by atoms with Gasteiger partial charge in [-0.1, -0.05) is 91.0 Å². The number of nitrogens with one attached hydrogen (secondary N) is 1. The van der Waals surface area contributed by atoms with Crippen LogP contribution in [0.5, 0.6) is 0 Å². The third kappa shape index (κ3) is 3.32. The lowest BCUT2D eigenvalue weighted by Gasteiger charge is -2.13. The Balaban J connectivity index is 1.50. The van der Waals surface area contributed by atoms with Crippen molar-refractivity contribution in [1.82, 2.24) is 0 Å². The Morgan fingerprint density at radius 1 is 0.469 bits per heavy atom. The van der Waals surface area contributed by atoms with Gasteiger partial charge in [0.2, 0.25) is 0 Å². The predicted molar refractivity (Wildman–Crippen MR) is 134 cm³/mol. The van der Waals surface area contributed by atoms with Crippen molar-refractivity contribution < 1.29 is 4.42 Å². The molecule has 1 aromatic heterocycles. The van der Waals surface area contributed by atoms with E-state index in [2.05, 4.69) is 96.3 Å². The van der Waals surface area contributed by atoms with Crippen LogP contribution in [0, 0.1) is 0 Å². The summed E-state index contributed by atoms with van der Waals surface area (Å²) in [6.45, 7) is 0. The summed E-state index contributed by atoms with van der Waals surface area (Å²) in [5, 5.41) is 5.89. The van der Waals surface area contributed by atoms with Crippen molar-refractivity contribution in [3.05, 3.63) is 121 Å². The zero-order chi connectivity index (χ0) is 21.3. The van der Waals surface area contributed by atoms with Gasteiger partial charge in [0, 0.05) is 16.5 Å². The molecule has 2 heteroatoms. The van der Waals surface area contributed by atoms with Crippen molar-refractivity contribution in [3.8, 4) is 22.3 Å². The molecule has 2 nitrogen and oxygen atoms in total. The lowest BCUT2D eigenvalue weighted by atomic mass is 9.98. The van der Waals surface area contributed by atoms with Crippen LogP contribution in [0.2, 0.25) is 0 Å². The minimum Gasteiger partial charge on any atom is -0.454 e. The first-order valence-electron chi connectivity index (χ1n) is 10.8. The SMILES string of the molecule is c1ccc(-c2cc(Nc3cccc4c3oc3ccccc34)cc(-c3ccccc3)c2)cc1. The average Bonchev–Trinajstić information content (AvgIpc) is 3.25. The monoisotopic (exact) mass is 411 g/mol. The standard InChI is InChI=1S/C30H21NO/c1-3-10-21(11-4-1)23-18-24(22-12-5-2-6-13-22)20-25(19-23)31-28-16-9-15-27-26-14-7-8-17-29(26)32-30(27)28/h1-20,31H. The van der Waals surface area contributed by atoms with E-state index in [4.69, 9.17) is 4.42 Å². The smallest absolute Gasteiger partial charge is 0.158 e. The van der Waals surface area contributed by atoms with Crippen LogP contribution in [-0.2, 0) is 0 Å². The highest BCUT2D eigenvalue weighted by atomic mass is 16.3. The highest BCUT2D eigenvalue weighted by molar-refractivity contribution is 6.09. The van der Waals surface area contributed by atoms with Gasteiger partial charge in [0.25, 0.3) is 0 Å². The molecule has 0 aliphatic heterocycles. The molecule has 32 heavy (non-hydrogen) atoms. The maximum Gasteiger partial charge on any atom is 0.158 e. The molecule has 0 unspecified atom stereocenters. The molecule has 1 heterocycles. The fourth-order valence-corrected chi connectivity index (χ4v) is 4.30. The Morgan fingerprint density at radius 3 is 1.75 bits per heavy atom. The molecule has 0 fully saturated rings. The largest absolute Gasteiger partial charge is 0.454 e. The zero-order valence-corrected chi connectivity index (χ0v) is 17.5. The number of anilines is 2. The second kappa shape index (κ2) is 7.75. The third-order valence-corrected chi connectivity index (χ3v) is 5.83. The molecule has 0 bridgehead atoms. The number of furan rings is 1. The lowest BCUT2D eigenvalue weighted by molar-refractivity contribution is 0.670. The predicted octanol–water partition coefficient (Wildman–Crippen LogP) is 8.66. The Hall–Kier alpha value is -4.30. The fraction of sp³-hybridized carbons (Fsp3) is 0. The van der Waals surface area contributed by atoms with Crippen molar-refractivity contribution in [1.29, 1.82) is 0 Å². The number of para-hydroxylation sites is 2. The van der Waals surface area contributed by atoms with Crippen molar-refractivity contribution in [2.75, 3.05) is 5.32 Å². The van der Waals surface area contributed by atoms with Crippen LogP contribution in [0.15, 0.2) is 126 Å². The molecule has 0 radical (unpaired) electrons. The number of rotatable bonds is 4. The van der Waals surface area contributed by atoms with E-state index in [1.54, 1.807) is 0 Å². The number of hydrogen-bond acceptors (Lipinski definition) is 2. The highest BCUT2D eigenvalue weighted by Gasteiger charge is 2.12. The quantitative estimate of drug-likeness (QED) is 0.314. The van der Waals surface area contributed by atoms with Gasteiger partial charge in [-0.2, -0.15) is 0 Å². The maximum absolute atomic E-state index is 6.22. The first-order valence-corrected chi connectivity index (χ1v) is 10.8. The third-order valence-electron chi connectivity index (χ3n) is 5.83. The van der Waals surface area contributed by atoms with E-state index >= 15 is 0 Å². The Bertz CT molecular complexity index is 1470. The Morgan fingerprint density at radius 2 is 1.06 bits per heavy atom. The molecule has 6 rings (SSSR count). The second-order valence-electron chi connectivity index (χ2n) is 7.94. The molecule has 152 valence electrons. The van der Waals surface area contributed by atoms with E-state index in [1.165, 1.54) is 22.3 Å². The van der Waals surface area contributed by atoms with Gasteiger partial charge in [-0.25, -0.2) is 0 Å². The van der Waals surface area contributed by atoms with E-state index in [0.717, 1.165) is 33.3 Å². The Kier molecular flexibility index (Phi) is 4.47. The van der Waals surface area contributed by atoms with Crippen molar-refractivity contribution in [2.24, 2.45) is 0 Å². The lowest BCUT2D eigenvalue weighted by Crippen LogP contribution is -1.93. The normalized spacial score (nSPS) is 11.1. The topological polar surface area (TPSA) is 25.2 Å². The van der Waals surface area contributed by atoms with Crippen molar-refractivity contribution >= 4 is 33.3 Å². The van der Waals surface area contributed by atoms with Gasteiger partial charge in [0.05, 0.1) is 5.69 Å². The van der Waals surface area contributed by atoms with Crippen LogP contribution >= 0.6 is 0 Å².